The molecule has 0 radical (unpaired) electrons. The van der Waals surface area contributed by atoms with Gasteiger partial charge < -0.3 is 5.32 Å². The molecular formula is C14H12ClN3O3. The molecule has 1 N–H and O–H groups in total. The number of hydrogen-bond acceptors (Lipinski definition) is 4. The molecule has 0 fully saturated rings. The molecule has 108 valence electrons. The number of aromatic nitrogens is 1. The summed E-state index contributed by atoms with van der Waals surface area (Å²) in [6.07, 6.45) is 3.49. The summed E-state index contributed by atoms with van der Waals surface area (Å²) >= 11 is 5.90. The van der Waals surface area contributed by atoms with E-state index in [9.17, 15) is 14.9 Å². The number of nitro benzene ring substituents is 1. The first kappa shape index (κ1) is 14.9. The van der Waals surface area contributed by atoms with Crippen LogP contribution in [0.4, 0.5) is 5.69 Å². The Labute approximate surface area is 125 Å². The highest BCUT2D eigenvalue weighted by atomic mass is 35.5. The molecule has 0 aliphatic heterocycles. The fraction of sp³-hybridized carbons (Fsp3) is 0.143. The van der Waals surface area contributed by atoms with Crippen molar-refractivity contribution in [2.75, 3.05) is 6.54 Å². The maximum absolute atomic E-state index is 11.9. The number of hydrogen-bond donors (Lipinski definition) is 1. The van der Waals surface area contributed by atoms with E-state index in [2.05, 4.69) is 10.3 Å². The normalized spacial score (nSPS) is 10.1. The number of non-ortho nitro benzene ring substituents is 1. The van der Waals surface area contributed by atoms with E-state index in [0.29, 0.717) is 23.6 Å². The van der Waals surface area contributed by atoms with Crippen LogP contribution in [0.15, 0.2) is 42.7 Å². The third-order valence-corrected chi connectivity index (χ3v) is 3.19. The van der Waals surface area contributed by atoms with E-state index in [4.69, 9.17) is 11.6 Å². The molecule has 0 unspecified atom stereocenters. The van der Waals surface area contributed by atoms with Gasteiger partial charge in [-0.25, -0.2) is 0 Å². The standard InChI is InChI=1S/C14H12ClN3O3/c15-13-6-7-16-9-12(13)14(19)17-8-5-10-1-3-11(4-2-10)18(20)21/h1-4,6-7,9H,5,8H2,(H,17,19). The first-order chi connectivity index (χ1) is 10.1. The quantitative estimate of drug-likeness (QED) is 0.679. The van der Waals surface area contributed by atoms with Crippen molar-refractivity contribution in [1.82, 2.24) is 10.3 Å². The Balaban J connectivity index is 1.88. The molecule has 0 atom stereocenters. The number of nitro groups is 1. The van der Waals surface area contributed by atoms with E-state index >= 15 is 0 Å². The Morgan fingerprint density at radius 3 is 2.62 bits per heavy atom. The lowest BCUT2D eigenvalue weighted by molar-refractivity contribution is -0.384. The Bertz CT molecular complexity index is 659. The van der Waals surface area contributed by atoms with Crippen LogP contribution in [-0.4, -0.2) is 22.4 Å². The van der Waals surface area contributed by atoms with E-state index in [1.54, 1.807) is 18.2 Å². The van der Waals surface area contributed by atoms with E-state index < -0.39 is 4.92 Å². The average molecular weight is 306 g/mol. The number of amides is 1. The highest BCUT2D eigenvalue weighted by Crippen LogP contribution is 2.14. The number of pyridine rings is 1. The second-order valence-electron chi connectivity index (χ2n) is 4.28. The van der Waals surface area contributed by atoms with Gasteiger partial charge in [-0.1, -0.05) is 23.7 Å². The second-order valence-corrected chi connectivity index (χ2v) is 4.69. The lowest BCUT2D eigenvalue weighted by Crippen LogP contribution is -2.26. The summed E-state index contributed by atoms with van der Waals surface area (Å²) in [5.41, 5.74) is 1.27. The van der Waals surface area contributed by atoms with Crippen molar-refractivity contribution in [3.8, 4) is 0 Å². The van der Waals surface area contributed by atoms with Crippen LogP contribution < -0.4 is 5.32 Å². The Hall–Kier alpha value is -2.47. The van der Waals surface area contributed by atoms with Gasteiger partial charge in [0.2, 0.25) is 0 Å². The van der Waals surface area contributed by atoms with Gasteiger partial charge in [-0.2, -0.15) is 0 Å². The fourth-order valence-corrected chi connectivity index (χ4v) is 1.94. The van der Waals surface area contributed by atoms with Crippen LogP contribution in [-0.2, 0) is 6.42 Å². The van der Waals surface area contributed by atoms with Gasteiger partial charge >= 0.3 is 0 Å². The predicted molar refractivity (Wildman–Crippen MR) is 78.4 cm³/mol. The van der Waals surface area contributed by atoms with Crippen LogP contribution in [0.1, 0.15) is 15.9 Å². The zero-order chi connectivity index (χ0) is 15.2. The number of rotatable bonds is 5. The number of nitrogens with one attached hydrogen (secondary N) is 1. The minimum absolute atomic E-state index is 0.0462. The predicted octanol–water partition coefficient (Wildman–Crippen LogP) is 2.62. The SMILES string of the molecule is O=C(NCCc1ccc([N+](=O)[O-])cc1)c1cnccc1Cl. The highest BCUT2D eigenvalue weighted by Gasteiger charge is 2.09. The average Bonchev–Trinajstić information content (AvgIpc) is 2.48. The molecule has 0 bridgehead atoms. The first-order valence-corrected chi connectivity index (χ1v) is 6.57. The number of nitrogens with zero attached hydrogens (tertiary/aromatic N) is 2. The molecule has 0 aliphatic rings. The molecule has 21 heavy (non-hydrogen) atoms. The van der Waals surface area contributed by atoms with Crippen LogP contribution in [0.3, 0.4) is 0 Å². The third kappa shape index (κ3) is 4.00. The van der Waals surface area contributed by atoms with Crippen molar-refractivity contribution in [3.63, 3.8) is 0 Å². The van der Waals surface area contributed by atoms with Crippen molar-refractivity contribution in [2.45, 2.75) is 6.42 Å². The second kappa shape index (κ2) is 6.81. The van der Waals surface area contributed by atoms with Gasteiger partial charge in [0.15, 0.2) is 0 Å². The van der Waals surface area contributed by atoms with Crippen LogP contribution in [0, 0.1) is 10.1 Å². The maximum atomic E-state index is 11.9. The molecule has 7 heteroatoms. The van der Waals surface area contributed by atoms with Gasteiger partial charge in [-0.15, -0.1) is 0 Å². The molecule has 2 aromatic rings. The summed E-state index contributed by atoms with van der Waals surface area (Å²) in [4.78, 5) is 25.8. The summed E-state index contributed by atoms with van der Waals surface area (Å²) in [5, 5.41) is 13.6. The third-order valence-electron chi connectivity index (χ3n) is 2.86. The molecule has 1 amide bonds. The topological polar surface area (TPSA) is 85.1 Å². The lowest BCUT2D eigenvalue weighted by Gasteiger charge is -2.06. The van der Waals surface area contributed by atoms with Crippen LogP contribution in [0.25, 0.3) is 0 Å². The molecule has 1 aromatic heterocycles. The molecule has 0 spiro atoms. The maximum Gasteiger partial charge on any atom is 0.269 e. The molecule has 2 rings (SSSR count). The molecule has 0 aliphatic carbocycles. The van der Waals surface area contributed by atoms with Crippen molar-refractivity contribution in [2.24, 2.45) is 0 Å². The van der Waals surface area contributed by atoms with Gasteiger partial charge in [0.25, 0.3) is 11.6 Å². The van der Waals surface area contributed by atoms with Crippen molar-refractivity contribution < 1.29 is 9.72 Å². The van der Waals surface area contributed by atoms with Crippen LogP contribution >= 0.6 is 11.6 Å². The van der Waals surface area contributed by atoms with E-state index in [1.165, 1.54) is 24.5 Å². The van der Waals surface area contributed by atoms with Gasteiger partial charge in [-0.05, 0) is 18.1 Å². The Morgan fingerprint density at radius 2 is 2.00 bits per heavy atom. The number of carbonyl (C=O) groups excluding carboxylic acids is 1. The van der Waals surface area contributed by atoms with Crippen molar-refractivity contribution >= 4 is 23.2 Å². The molecule has 0 saturated heterocycles. The number of benzene rings is 1. The zero-order valence-corrected chi connectivity index (χ0v) is 11.7. The van der Waals surface area contributed by atoms with Crippen molar-refractivity contribution in [3.05, 3.63) is 69.0 Å². The summed E-state index contributed by atoms with van der Waals surface area (Å²) in [6.45, 7) is 0.405. The minimum atomic E-state index is -0.448. The van der Waals surface area contributed by atoms with Gasteiger partial charge in [0.05, 0.1) is 15.5 Å². The van der Waals surface area contributed by atoms with Gasteiger partial charge in [0, 0.05) is 31.1 Å². The van der Waals surface area contributed by atoms with E-state index in [-0.39, 0.29) is 11.6 Å². The Morgan fingerprint density at radius 1 is 1.29 bits per heavy atom. The molecular weight excluding hydrogens is 294 g/mol. The first-order valence-electron chi connectivity index (χ1n) is 6.19. The molecule has 1 aromatic carbocycles. The van der Waals surface area contributed by atoms with Crippen molar-refractivity contribution in [1.29, 1.82) is 0 Å². The molecule has 6 nitrogen and oxygen atoms in total. The van der Waals surface area contributed by atoms with Crippen LogP contribution in [0.2, 0.25) is 5.02 Å². The summed E-state index contributed by atoms with van der Waals surface area (Å²) in [6, 6.07) is 7.76. The highest BCUT2D eigenvalue weighted by molar-refractivity contribution is 6.33. The van der Waals surface area contributed by atoms with E-state index in [1.807, 2.05) is 0 Å². The van der Waals surface area contributed by atoms with Gasteiger partial charge in [-0.3, -0.25) is 19.9 Å². The number of halogens is 1. The summed E-state index contributed by atoms with van der Waals surface area (Å²) in [7, 11) is 0. The largest absolute Gasteiger partial charge is 0.352 e. The Kier molecular flexibility index (Phi) is 4.84. The van der Waals surface area contributed by atoms with E-state index in [0.717, 1.165) is 5.56 Å². The summed E-state index contributed by atoms with van der Waals surface area (Å²) in [5.74, 6) is -0.296. The fourth-order valence-electron chi connectivity index (χ4n) is 1.74. The van der Waals surface area contributed by atoms with Crippen LogP contribution in [0.5, 0.6) is 0 Å². The molecule has 1 heterocycles. The van der Waals surface area contributed by atoms with Gasteiger partial charge in [0.1, 0.15) is 0 Å². The smallest absolute Gasteiger partial charge is 0.269 e. The minimum Gasteiger partial charge on any atom is -0.352 e. The zero-order valence-electron chi connectivity index (χ0n) is 11.0. The molecule has 0 saturated carbocycles. The monoisotopic (exact) mass is 305 g/mol. The number of carbonyl (C=O) groups is 1. The summed E-state index contributed by atoms with van der Waals surface area (Å²) < 4.78 is 0. The lowest BCUT2D eigenvalue weighted by atomic mass is 10.1.